The van der Waals surface area contributed by atoms with Gasteiger partial charge in [0.05, 0.1) is 31.5 Å². The molecule has 0 aromatic heterocycles. The lowest BCUT2D eigenvalue weighted by molar-refractivity contribution is -0.186. The van der Waals surface area contributed by atoms with E-state index in [1.165, 1.54) is 16.7 Å². The van der Waals surface area contributed by atoms with Gasteiger partial charge in [-0.25, -0.2) is 5.01 Å². The first-order valence-corrected chi connectivity index (χ1v) is 12.0. The largest absolute Gasteiger partial charge is 0.347 e. The van der Waals surface area contributed by atoms with Crippen LogP contribution in [0.5, 0.6) is 0 Å². The van der Waals surface area contributed by atoms with Gasteiger partial charge in [-0.2, -0.15) is 5.10 Å². The SMILES string of the molecule is Cc1ccc([C@H]2CC(c3cc(C)ccc3C)=NN2C(=O)CN2CCC3(CC2)OCCO3)cc1. The highest BCUT2D eigenvalue weighted by molar-refractivity contribution is 6.04. The monoisotopic (exact) mass is 447 g/mol. The summed E-state index contributed by atoms with van der Waals surface area (Å²) in [6, 6.07) is 14.8. The van der Waals surface area contributed by atoms with E-state index < -0.39 is 5.79 Å². The molecule has 3 aliphatic rings. The Labute approximate surface area is 196 Å². The number of carbonyl (C=O) groups excluding carboxylic acids is 1. The minimum Gasteiger partial charge on any atom is -0.347 e. The number of benzene rings is 2. The van der Waals surface area contributed by atoms with Gasteiger partial charge in [-0.05, 0) is 38.0 Å². The van der Waals surface area contributed by atoms with E-state index in [9.17, 15) is 4.79 Å². The average Bonchev–Trinajstić information content (AvgIpc) is 3.46. The Morgan fingerprint density at radius 2 is 1.67 bits per heavy atom. The fourth-order valence-corrected chi connectivity index (χ4v) is 5.10. The van der Waals surface area contributed by atoms with Crippen LogP contribution in [0, 0.1) is 20.8 Å². The highest BCUT2D eigenvalue weighted by atomic mass is 16.7. The van der Waals surface area contributed by atoms with E-state index in [4.69, 9.17) is 14.6 Å². The molecule has 1 atom stereocenters. The summed E-state index contributed by atoms with van der Waals surface area (Å²) in [5.74, 6) is -0.379. The molecule has 5 rings (SSSR count). The van der Waals surface area contributed by atoms with E-state index in [-0.39, 0.29) is 11.9 Å². The zero-order valence-electron chi connectivity index (χ0n) is 19.8. The Balaban J connectivity index is 1.36. The van der Waals surface area contributed by atoms with Gasteiger partial charge in [0.2, 0.25) is 0 Å². The highest BCUT2D eigenvalue weighted by Gasteiger charge is 2.41. The lowest BCUT2D eigenvalue weighted by Gasteiger charge is -2.37. The maximum absolute atomic E-state index is 13.5. The minimum absolute atomic E-state index is 0.0464. The Hall–Kier alpha value is -2.54. The number of hydrazone groups is 1. The van der Waals surface area contributed by atoms with Crippen LogP contribution in [-0.2, 0) is 14.3 Å². The molecule has 174 valence electrons. The zero-order chi connectivity index (χ0) is 23.0. The van der Waals surface area contributed by atoms with Crippen molar-refractivity contribution in [2.24, 2.45) is 5.10 Å². The first-order valence-electron chi connectivity index (χ1n) is 12.0. The third-order valence-corrected chi connectivity index (χ3v) is 7.12. The van der Waals surface area contributed by atoms with E-state index in [0.717, 1.165) is 49.2 Å². The first-order chi connectivity index (χ1) is 15.9. The smallest absolute Gasteiger partial charge is 0.257 e. The molecule has 0 saturated carbocycles. The number of piperidine rings is 1. The normalized spacial score (nSPS) is 22.7. The molecular formula is C27H33N3O3. The molecule has 2 aromatic rings. The van der Waals surface area contributed by atoms with E-state index in [2.05, 4.69) is 68.1 Å². The van der Waals surface area contributed by atoms with Gasteiger partial charge in [0.25, 0.3) is 5.91 Å². The molecule has 2 saturated heterocycles. The fraction of sp³-hybridized carbons (Fsp3) is 0.481. The van der Waals surface area contributed by atoms with Gasteiger partial charge in [0.15, 0.2) is 5.79 Å². The molecular weight excluding hydrogens is 414 g/mol. The van der Waals surface area contributed by atoms with Crippen LogP contribution in [0.4, 0.5) is 0 Å². The molecule has 2 fully saturated rings. The molecule has 3 aliphatic heterocycles. The summed E-state index contributed by atoms with van der Waals surface area (Å²) in [4.78, 5) is 15.7. The molecule has 1 spiro atoms. The second-order valence-electron chi connectivity index (χ2n) is 9.62. The van der Waals surface area contributed by atoms with Gasteiger partial charge in [-0.3, -0.25) is 9.69 Å². The highest BCUT2D eigenvalue weighted by Crippen LogP contribution is 2.35. The Morgan fingerprint density at radius 3 is 2.36 bits per heavy atom. The van der Waals surface area contributed by atoms with E-state index in [1.807, 2.05) is 0 Å². The van der Waals surface area contributed by atoms with E-state index in [1.54, 1.807) is 5.01 Å². The van der Waals surface area contributed by atoms with Gasteiger partial charge >= 0.3 is 0 Å². The Bertz CT molecular complexity index is 1050. The minimum atomic E-state index is -0.425. The van der Waals surface area contributed by atoms with Crippen molar-refractivity contribution in [3.05, 3.63) is 70.3 Å². The summed E-state index contributed by atoms with van der Waals surface area (Å²) in [6.45, 7) is 9.58. The first kappa shape index (κ1) is 22.3. The van der Waals surface area contributed by atoms with Crippen LogP contribution >= 0.6 is 0 Å². The third-order valence-electron chi connectivity index (χ3n) is 7.12. The average molecular weight is 448 g/mol. The van der Waals surface area contributed by atoms with Crippen molar-refractivity contribution >= 4 is 11.6 Å². The van der Waals surface area contributed by atoms with Crippen LogP contribution in [0.15, 0.2) is 47.6 Å². The molecule has 0 aliphatic carbocycles. The number of aryl methyl sites for hydroxylation is 3. The van der Waals surface area contributed by atoms with E-state index in [0.29, 0.717) is 19.8 Å². The van der Waals surface area contributed by atoms with Crippen molar-refractivity contribution in [1.29, 1.82) is 0 Å². The fourth-order valence-electron chi connectivity index (χ4n) is 5.10. The molecule has 2 aromatic carbocycles. The zero-order valence-corrected chi connectivity index (χ0v) is 19.8. The number of likely N-dealkylation sites (tertiary alicyclic amines) is 1. The van der Waals surface area contributed by atoms with Crippen LogP contribution in [0.1, 0.15) is 53.1 Å². The Kier molecular flexibility index (Phi) is 6.08. The maximum atomic E-state index is 13.5. The third kappa shape index (κ3) is 4.60. The quantitative estimate of drug-likeness (QED) is 0.707. The van der Waals surface area contributed by atoms with Crippen molar-refractivity contribution in [3.8, 4) is 0 Å². The van der Waals surface area contributed by atoms with Gasteiger partial charge in [-0.15, -0.1) is 0 Å². The van der Waals surface area contributed by atoms with Crippen LogP contribution in [0.25, 0.3) is 0 Å². The Morgan fingerprint density at radius 1 is 1.00 bits per heavy atom. The van der Waals surface area contributed by atoms with Crippen molar-refractivity contribution in [2.45, 2.75) is 51.9 Å². The molecule has 0 bridgehead atoms. The lowest BCUT2D eigenvalue weighted by atomic mass is 9.94. The molecule has 6 nitrogen and oxygen atoms in total. The van der Waals surface area contributed by atoms with Crippen LogP contribution in [-0.4, -0.2) is 60.2 Å². The predicted molar refractivity (Wildman–Crippen MR) is 128 cm³/mol. The van der Waals surface area contributed by atoms with Crippen molar-refractivity contribution in [2.75, 3.05) is 32.8 Å². The number of nitrogens with zero attached hydrogens (tertiary/aromatic N) is 3. The standard InChI is InChI=1S/C27H33N3O3/c1-19-5-8-22(9-6-19)25-17-24(23-16-20(2)4-7-21(23)3)28-30(25)26(31)18-29-12-10-27(11-13-29)32-14-15-33-27/h4-9,16,25H,10-15,17-18H2,1-3H3/t25-/m1/s1. The topological polar surface area (TPSA) is 54.4 Å². The van der Waals surface area contributed by atoms with Crippen molar-refractivity contribution in [1.82, 2.24) is 9.91 Å². The molecule has 3 heterocycles. The number of hydrogen-bond acceptors (Lipinski definition) is 5. The maximum Gasteiger partial charge on any atom is 0.257 e. The second kappa shape index (κ2) is 9.01. The molecule has 1 amide bonds. The summed E-state index contributed by atoms with van der Waals surface area (Å²) in [5, 5.41) is 6.63. The van der Waals surface area contributed by atoms with Gasteiger partial charge in [0, 0.05) is 37.9 Å². The summed E-state index contributed by atoms with van der Waals surface area (Å²) in [5.41, 5.74) is 6.85. The summed E-state index contributed by atoms with van der Waals surface area (Å²) in [7, 11) is 0. The van der Waals surface area contributed by atoms with Crippen molar-refractivity contribution < 1.29 is 14.3 Å². The predicted octanol–water partition coefficient (Wildman–Crippen LogP) is 4.13. The molecule has 6 heteroatoms. The van der Waals surface area contributed by atoms with Crippen molar-refractivity contribution in [3.63, 3.8) is 0 Å². The summed E-state index contributed by atoms with van der Waals surface area (Å²) in [6.07, 6.45) is 2.33. The number of amides is 1. The van der Waals surface area contributed by atoms with Gasteiger partial charge in [0.1, 0.15) is 0 Å². The van der Waals surface area contributed by atoms with Gasteiger partial charge < -0.3 is 9.47 Å². The lowest BCUT2D eigenvalue weighted by Crippen LogP contribution is -2.48. The van der Waals surface area contributed by atoms with Crippen LogP contribution < -0.4 is 0 Å². The number of hydrogen-bond donors (Lipinski definition) is 0. The summed E-state index contributed by atoms with van der Waals surface area (Å²) >= 11 is 0. The number of rotatable bonds is 4. The number of carbonyl (C=O) groups is 1. The molecule has 0 unspecified atom stereocenters. The van der Waals surface area contributed by atoms with Crippen LogP contribution in [0.2, 0.25) is 0 Å². The molecule has 0 N–H and O–H groups in total. The second-order valence-corrected chi connectivity index (χ2v) is 9.62. The van der Waals surface area contributed by atoms with E-state index >= 15 is 0 Å². The molecule has 33 heavy (non-hydrogen) atoms. The van der Waals surface area contributed by atoms with Gasteiger partial charge in [-0.1, -0.05) is 47.5 Å². The number of ether oxygens (including phenoxy) is 2. The molecule has 0 radical (unpaired) electrons. The van der Waals surface area contributed by atoms with Crippen LogP contribution in [0.3, 0.4) is 0 Å². The summed E-state index contributed by atoms with van der Waals surface area (Å²) < 4.78 is 11.7.